The van der Waals surface area contributed by atoms with Gasteiger partial charge in [0.15, 0.2) is 5.69 Å². The molecule has 0 bridgehead atoms. The number of amides is 2. The standard InChI is InChI=1S/C24H26N4O3/c29-19-13-11-17(12-14-19)23(30)25-15-16-26-24(31)22-20-9-5-2-6-10-21(20)28(27-22)18-7-3-1-4-8-18/h1,3-4,7-8,11-14,29H,2,5-6,9-10,15-16H2,(H,25,30)(H,26,31). The number of nitrogens with one attached hydrogen (secondary N) is 2. The van der Waals surface area contributed by atoms with E-state index in [0.29, 0.717) is 24.3 Å². The summed E-state index contributed by atoms with van der Waals surface area (Å²) in [6.07, 6.45) is 5.05. The summed E-state index contributed by atoms with van der Waals surface area (Å²) in [6.45, 7) is 0.600. The molecule has 0 saturated heterocycles. The zero-order chi connectivity index (χ0) is 21.6. The minimum Gasteiger partial charge on any atom is -0.508 e. The number of aromatic nitrogens is 2. The molecule has 0 radical (unpaired) electrons. The van der Waals surface area contributed by atoms with Crippen molar-refractivity contribution in [1.82, 2.24) is 20.4 Å². The molecule has 7 heteroatoms. The van der Waals surface area contributed by atoms with E-state index in [0.717, 1.165) is 49.0 Å². The fraction of sp³-hybridized carbons (Fsp3) is 0.292. The van der Waals surface area contributed by atoms with Gasteiger partial charge in [-0.3, -0.25) is 9.59 Å². The van der Waals surface area contributed by atoms with Gasteiger partial charge >= 0.3 is 0 Å². The molecule has 3 aromatic rings. The Labute approximate surface area is 181 Å². The Morgan fingerprint density at radius 2 is 1.55 bits per heavy atom. The van der Waals surface area contributed by atoms with Gasteiger partial charge in [-0.2, -0.15) is 5.10 Å². The molecule has 2 amide bonds. The van der Waals surface area contributed by atoms with Crippen LogP contribution in [0.2, 0.25) is 0 Å². The lowest BCUT2D eigenvalue weighted by Gasteiger charge is -2.07. The Morgan fingerprint density at radius 1 is 0.871 bits per heavy atom. The predicted molar refractivity (Wildman–Crippen MR) is 118 cm³/mol. The van der Waals surface area contributed by atoms with Crippen LogP contribution in [0.3, 0.4) is 0 Å². The number of phenolic OH excluding ortho intramolecular Hbond substituents is 1. The highest BCUT2D eigenvalue weighted by molar-refractivity contribution is 5.95. The second-order valence-electron chi connectivity index (χ2n) is 7.64. The maximum Gasteiger partial charge on any atom is 0.272 e. The van der Waals surface area contributed by atoms with Crippen LogP contribution in [0.4, 0.5) is 0 Å². The highest BCUT2D eigenvalue weighted by Gasteiger charge is 2.24. The second-order valence-corrected chi connectivity index (χ2v) is 7.64. The quantitative estimate of drug-likeness (QED) is 0.424. The van der Waals surface area contributed by atoms with Crippen molar-refractivity contribution in [2.24, 2.45) is 0 Å². The minimum absolute atomic E-state index is 0.109. The van der Waals surface area contributed by atoms with Crippen molar-refractivity contribution in [3.8, 4) is 11.4 Å². The van der Waals surface area contributed by atoms with Crippen LogP contribution in [0, 0.1) is 0 Å². The van der Waals surface area contributed by atoms with Crippen molar-refractivity contribution >= 4 is 11.8 Å². The molecule has 0 atom stereocenters. The van der Waals surface area contributed by atoms with E-state index < -0.39 is 0 Å². The van der Waals surface area contributed by atoms with E-state index in [1.165, 1.54) is 12.1 Å². The van der Waals surface area contributed by atoms with Gasteiger partial charge in [-0.25, -0.2) is 4.68 Å². The molecule has 160 valence electrons. The highest BCUT2D eigenvalue weighted by atomic mass is 16.3. The van der Waals surface area contributed by atoms with Crippen molar-refractivity contribution < 1.29 is 14.7 Å². The number of aromatic hydroxyl groups is 1. The van der Waals surface area contributed by atoms with Crippen molar-refractivity contribution in [1.29, 1.82) is 0 Å². The normalized spacial score (nSPS) is 13.2. The lowest BCUT2D eigenvalue weighted by Crippen LogP contribution is -2.35. The van der Waals surface area contributed by atoms with E-state index in [1.54, 1.807) is 12.1 Å². The molecule has 0 saturated carbocycles. The van der Waals surface area contributed by atoms with Crippen LogP contribution in [0.25, 0.3) is 5.69 Å². The number of benzene rings is 2. The second kappa shape index (κ2) is 9.47. The topological polar surface area (TPSA) is 96.3 Å². The fourth-order valence-corrected chi connectivity index (χ4v) is 3.89. The zero-order valence-corrected chi connectivity index (χ0v) is 17.3. The van der Waals surface area contributed by atoms with Crippen molar-refractivity contribution in [2.75, 3.05) is 13.1 Å². The van der Waals surface area contributed by atoms with Crippen LogP contribution in [-0.2, 0) is 12.8 Å². The Hall–Kier alpha value is -3.61. The number of nitrogens with zero attached hydrogens (tertiary/aromatic N) is 2. The molecule has 1 heterocycles. The SMILES string of the molecule is O=C(NCCNC(=O)c1nn(-c2ccccc2)c2c1CCCCC2)c1ccc(O)cc1. The van der Waals surface area contributed by atoms with Gasteiger partial charge in [0.05, 0.1) is 5.69 Å². The van der Waals surface area contributed by atoms with E-state index in [9.17, 15) is 14.7 Å². The molecular formula is C24H26N4O3. The van der Waals surface area contributed by atoms with Gasteiger partial charge in [0.2, 0.25) is 0 Å². The molecule has 31 heavy (non-hydrogen) atoms. The summed E-state index contributed by atoms with van der Waals surface area (Å²) in [5.74, 6) is -0.360. The summed E-state index contributed by atoms with van der Waals surface area (Å²) in [5, 5.41) is 19.6. The van der Waals surface area contributed by atoms with Gasteiger partial charge in [-0.15, -0.1) is 0 Å². The maximum atomic E-state index is 12.9. The third-order valence-electron chi connectivity index (χ3n) is 5.47. The summed E-state index contributed by atoms with van der Waals surface area (Å²) < 4.78 is 1.90. The fourth-order valence-electron chi connectivity index (χ4n) is 3.89. The van der Waals surface area contributed by atoms with E-state index >= 15 is 0 Å². The number of carbonyl (C=O) groups excluding carboxylic acids is 2. The first-order valence-electron chi connectivity index (χ1n) is 10.6. The highest BCUT2D eigenvalue weighted by Crippen LogP contribution is 2.26. The zero-order valence-electron chi connectivity index (χ0n) is 17.3. The van der Waals surface area contributed by atoms with Gasteiger partial charge in [-0.05, 0) is 62.1 Å². The van der Waals surface area contributed by atoms with Gasteiger partial charge in [-0.1, -0.05) is 24.6 Å². The summed E-state index contributed by atoms with van der Waals surface area (Å²) in [5.41, 5.74) is 4.05. The molecule has 0 unspecified atom stereocenters. The summed E-state index contributed by atoms with van der Waals surface area (Å²) in [7, 11) is 0. The van der Waals surface area contributed by atoms with E-state index in [1.807, 2.05) is 35.0 Å². The van der Waals surface area contributed by atoms with Crippen LogP contribution in [0.15, 0.2) is 54.6 Å². The molecule has 3 N–H and O–H groups in total. The van der Waals surface area contributed by atoms with E-state index in [-0.39, 0.29) is 17.6 Å². The van der Waals surface area contributed by atoms with Crippen LogP contribution in [0.1, 0.15) is 51.4 Å². The molecule has 0 spiro atoms. The molecule has 0 aliphatic heterocycles. The number of fused-ring (bicyclic) bond motifs is 1. The van der Waals surface area contributed by atoms with Gasteiger partial charge in [0.1, 0.15) is 5.75 Å². The molecule has 1 aliphatic carbocycles. The van der Waals surface area contributed by atoms with Crippen molar-refractivity contribution in [3.63, 3.8) is 0 Å². The molecule has 1 aromatic heterocycles. The first-order valence-corrected chi connectivity index (χ1v) is 10.6. The Balaban J connectivity index is 1.42. The maximum absolute atomic E-state index is 12.9. The van der Waals surface area contributed by atoms with E-state index in [4.69, 9.17) is 0 Å². The Morgan fingerprint density at radius 3 is 2.29 bits per heavy atom. The van der Waals surface area contributed by atoms with Gasteiger partial charge < -0.3 is 15.7 Å². The third kappa shape index (κ3) is 4.77. The molecular weight excluding hydrogens is 392 g/mol. The number of rotatable bonds is 6. The van der Waals surface area contributed by atoms with Gasteiger partial charge in [0.25, 0.3) is 11.8 Å². The van der Waals surface area contributed by atoms with Gasteiger partial charge in [0, 0.05) is 29.9 Å². The first kappa shape index (κ1) is 20.7. The van der Waals surface area contributed by atoms with Crippen LogP contribution in [-0.4, -0.2) is 39.8 Å². The lowest BCUT2D eigenvalue weighted by atomic mass is 10.1. The van der Waals surface area contributed by atoms with Crippen LogP contribution < -0.4 is 10.6 Å². The monoisotopic (exact) mass is 418 g/mol. The van der Waals surface area contributed by atoms with Crippen molar-refractivity contribution in [2.45, 2.75) is 32.1 Å². The Kier molecular flexibility index (Phi) is 6.31. The average molecular weight is 418 g/mol. The van der Waals surface area contributed by atoms with Crippen LogP contribution >= 0.6 is 0 Å². The number of hydrogen-bond acceptors (Lipinski definition) is 4. The summed E-state index contributed by atoms with van der Waals surface area (Å²) >= 11 is 0. The van der Waals surface area contributed by atoms with E-state index in [2.05, 4.69) is 15.7 Å². The molecule has 2 aromatic carbocycles. The van der Waals surface area contributed by atoms with Crippen molar-refractivity contribution in [3.05, 3.63) is 77.1 Å². The number of para-hydroxylation sites is 1. The lowest BCUT2D eigenvalue weighted by molar-refractivity contribution is 0.0924. The Bertz CT molecular complexity index is 1060. The molecule has 0 fully saturated rings. The molecule has 7 nitrogen and oxygen atoms in total. The largest absolute Gasteiger partial charge is 0.508 e. The minimum atomic E-state index is -0.253. The number of phenols is 1. The molecule has 1 aliphatic rings. The smallest absolute Gasteiger partial charge is 0.272 e. The average Bonchev–Trinajstić information content (AvgIpc) is 2.98. The molecule has 4 rings (SSSR count). The predicted octanol–water partition coefficient (Wildman–Crippen LogP) is 3.01. The number of carbonyl (C=O) groups is 2. The first-order chi connectivity index (χ1) is 15.1. The van der Waals surface area contributed by atoms with Crippen LogP contribution in [0.5, 0.6) is 5.75 Å². The summed E-state index contributed by atoms with van der Waals surface area (Å²) in [6, 6.07) is 15.9. The summed E-state index contributed by atoms with van der Waals surface area (Å²) in [4.78, 5) is 25.0. The number of hydrogen-bond donors (Lipinski definition) is 3. The third-order valence-corrected chi connectivity index (χ3v) is 5.47.